The molecule has 13 heteroatoms. The molecule has 1 unspecified atom stereocenters. The molecule has 0 saturated heterocycles. The van der Waals surface area contributed by atoms with Crippen LogP contribution in [0, 0.1) is 28.8 Å². The van der Waals surface area contributed by atoms with Crippen molar-refractivity contribution in [2.75, 3.05) is 10.2 Å². The van der Waals surface area contributed by atoms with Crippen molar-refractivity contribution in [2.45, 2.75) is 39.3 Å². The van der Waals surface area contributed by atoms with Crippen LogP contribution in [0.1, 0.15) is 44.9 Å². The maximum absolute atomic E-state index is 15.3. The van der Waals surface area contributed by atoms with Gasteiger partial charge in [-0.05, 0) is 58.0 Å². The van der Waals surface area contributed by atoms with Gasteiger partial charge < -0.3 is 10.1 Å². The van der Waals surface area contributed by atoms with Crippen molar-refractivity contribution in [3.05, 3.63) is 70.1 Å². The Morgan fingerprint density at radius 1 is 1.17 bits per heavy atom. The maximum atomic E-state index is 15.3. The summed E-state index contributed by atoms with van der Waals surface area (Å²) in [5.74, 6) is -3.31. The molecule has 1 aliphatic rings. The molecule has 1 amide bonds. The molecule has 2 atom stereocenters. The number of nitrogens with zero attached hydrogens (tertiary/aromatic N) is 3. The number of ether oxygens (including phenoxy) is 1. The van der Waals surface area contributed by atoms with Crippen LogP contribution in [0.4, 0.5) is 29.3 Å². The summed E-state index contributed by atoms with van der Waals surface area (Å²) < 4.78 is 72.7. The normalized spacial score (nSPS) is 15.6. The van der Waals surface area contributed by atoms with E-state index in [0.29, 0.717) is 4.90 Å². The first-order chi connectivity index (χ1) is 16.8. The molecule has 0 radical (unpaired) electrons. The smallest absolute Gasteiger partial charge is 0.420 e. The second kappa shape index (κ2) is 10.5. The summed E-state index contributed by atoms with van der Waals surface area (Å²) >= 11 is 0. The van der Waals surface area contributed by atoms with Crippen LogP contribution in [-0.2, 0) is 23.5 Å². The van der Waals surface area contributed by atoms with Crippen molar-refractivity contribution in [3.63, 3.8) is 0 Å². The molecule has 0 aromatic heterocycles. The number of nitrogens with one attached hydrogen (secondary N) is 1. The van der Waals surface area contributed by atoms with E-state index in [1.54, 1.807) is 27.7 Å². The maximum Gasteiger partial charge on any atom is 0.420 e. The van der Waals surface area contributed by atoms with Crippen LogP contribution >= 0.6 is 0 Å². The minimum absolute atomic E-state index is 0.0727. The fraction of sp³-hybridized carbons (Fsp3) is 0.261. The minimum atomic E-state index is -2.59. The standard InChI is InChI=1S/C23H21F3N4O4S2/c1-13(16-7-14(10-27)5-6-17(16)24)29-15-8-18(25)21(19(26)9-15)30(22(31)34-23(2,3)4)20-11-35(12-28-20)36(32)33/h5-9,11-13,29H,1-4H3/t13?,35-/m0/s1. The molecule has 2 aromatic carbocycles. The predicted octanol–water partition coefficient (Wildman–Crippen LogP) is 5.14. The van der Waals surface area contributed by atoms with Gasteiger partial charge in [-0.15, -0.1) is 0 Å². The first-order valence-corrected chi connectivity index (χ1v) is 13.3. The molecule has 190 valence electrons. The van der Waals surface area contributed by atoms with E-state index in [4.69, 9.17) is 10.00 Å². The molecule has 8 nitrogen and oxygen atoms in total. The molecule has 1 heterocycles. The Kier molecular flexibility index (Phi) is 7.90. The summed E-state index contributed by atoms with van der Waals surface area (Å²) in [6.45, 7) is 6.19. The summed E-state index contributed by atoms with van der Waals surface area (Å²) in [6.07, 6.45) is -1.17. The third-order valence-corrected chi connectivity index (χ3v) is 7.25. The summed E-state index contributed by atoms with van der Waals surface area (Å²) in [4.78, 5) is 17.3. The van der Waals surface area contributed by atoms with Gasteiger partial charge >= 0.3 is 6.09 Å². The van der Waals surface area contributed by atoms with E-state index in [1.165, 1.54) is 12.1 Å². The van der Waals surface area contributed by atoms with Crippen LogP contribution in [0.3, 0.4) is 0 Å². The van der Waals surface area contributed by atoms with Gasteiger partial charge in [0, 0.05) is 26.1 Å². The Bertz CT molecular complexity index is 1440. The minimum Gasteiger partial charge on any atom is -0.443 e. The Hall–Kier alpha value is -3.63. The number of carbonyl (C=O) groups excluding carboxylic acids is 1. The molecule has 0 bridgehead atoms. The number of hydrogen-bond acceptors (Lipinski definition) is 7. The number of carbonyl (C=O) groups is 1. The van der Waals surface area contributed by atoms with Crippen LogP contribution in [0.2, 0.25) is 0 Å². The third-order valence-electron chi connectivity index (χ3n) is 4.69. The fourth-order valence-corrected chi connectivity index (χ4v) is 4.83. The number of benzene rings is 2. The van der Waals surface area contributed by atoms with Gasteiger partial charge in [-0.3, -0.25) is 0 Å². The first kappa shape index (κ1) is 27.0. The number of halogens is 3. The van der Waals surface area contributed by atoms with Gasteiger partial charge in [0.25, 0.3) is 0 Å². The molecule has 1 N–H and O–H groups in total. The summed E-state index contributed by atoms with van der Waals surface area (Å²) in [5.41, 5.74) is -0.580. The number of nitriles is 1. The highest BCUT2D eigenvalue weighted by atomic mass is 32.9. The highest BCUT2D eigenvalue weighted by Crippen LogP contribution is 2.34. The van der Waals surface area contributed by atoms with Crippen LogP contribution in [-0.4, -0.2) is 25.7 Å². The lowest BCUT2D eigenvalue weighted by Crippen LogP contribution is -2.37. The van der Waals surface area contributed by atoms with Crippen molar-refractivity contribution >= 4 is 41.7 Å². The van der Waals surface area contributed by atoms with Gasteiger partial charge in [-0.25, -0.2) is 27.9 Å². The third kappa shape index (κ3) is 6.13. The predicted molar refractivity (Wildman–Crippen MR) is 131 cm³/mol. The Morgan fingerprint density at radius 2 is 1.81 bits per heavy atom. The van der Waals surface area contributed by atoms with Crippen LogP contribution < -0.4 is 10.2 Å². The summed E-state index contributed by atoms with van der Waals surface area (Å²) in [7, 11) is -4.08. The van der Waals surface area contributed by atoms with Crippen molar-refractivity contribution in [3.8, 4) is 6.07 Å². The zero-order valence-corrected chi connectivity index (χ0v) is 21.2. The van der Waals surface area contributed by atoms with Gasteiger partial charge in [-0.1, -0.05) is 0 Å². The Balaban J connectivity index is 2.03. The van der Waals surface area contributed by atoms with Gasteiger partial charge in [0.05, 0.1) is 23.2 Å². The number of hydrogen-bond donors (Lipinski definition) is 1. The number of aliphatic imine (C=N–C) groups is 1. The molecule has 3 rings (SSSR count). The number of anilines is 2. The second-order valence-corrected chi connectivity index (χ2v) is 12.0. The summed E-state index contributed by atoms with van der Waals surface area (Å²) in [5, 5.41) is 12.9. The molecule has 2 aromatic rings. The second-order valence-electron chi connectivity index (χ2n) is 8.56. The topological polar surface area (TPSA) is 112 Å². The first-order valence-electron chi connectivity index (χ1n) is 10.4. The van der Waals surface area contributed by atoms with Crippen molar-refractivity contribution in [1.29, 1.82) is 5.26 Å². The van der Waals surface area contributed by atoms with Crippen LogP contribution in [0.25, 0.3) is 0 Å². The zero-order chi connectivity index (χ0) is 26.8. The molecule has 1 aliphatic heterocycles. The summed E-state index contributed by atoms with van der Waals surface area (Å²) in [6, 6.07) is 6.65. The molecule has 0 fully saturated rings. The van der Waals surface area contributed by atoms with E-state index in [0.717, 1.165) is 29.2 Å². The van der Waals surface area contributed by atoms with E-state index in [-0.39, 0.29) is 22.6 Å². The van der Waals surface area contributed by atoms with E-state index in [9.17, 15) is 17.6 Å². The highest BCUT2D eigenvalue weighted by Gasteiger charge is 2.32. The fourth-order valence-electron chi connectivity index (χ4n) is 3.20. The van der Waals surface area contributed by atoms with Gasteiger partial charge in [0.15, 0.2) is 17.5 Å². The molecule has 0 aliphatic carbocycles. The Labute approximate surface area is 208 Å². The Morgan fingerprint density at radius 3 is 2.33 bits per heavy atom. The molecular weight excluding hydrogens is 517 g/mol. The van der Waals surface area contributed by atoms with Gasteiger partial charge in [-0.2, -0.15) is 13.7 Å². The van der Waals surface area contributed by atoms with Crippen molar-refractivity contribution in [1.82, 2.24) is 0 Å². The van der Waals surface area contributed by atoms with Crippen molar-refractivity contribution in [2.24, 2.45) is 4.99 Å². The number of rotatable bonds is 5. The van der Waals surface area contributed by atoms with E-state index < -0.39 is 59.6 Å². The largest absolute Gasteiger partial charge is 0.443 e. The van der Waals surface area contributed by atoms with E-state index >= 15 is 8.78 Å². The van der Waals surface area contributed by atoms with E-state index in [1.807, 2.05) is 6.07 Å². The lowest BCUT2D eigenvalue weighted by atomic mass is 10.0. The SMILES string of the molecule is CC(Nc1cc(F)c(N(C(=O)OC(C)(C)C)C2=C[S@](=S(=O)=O)C=N2)c(F)c1)c1cc(C#N)ccc1F. The van der Waals surface area contributed by atoms with E-state index in [2.05, 4.69) is 10.3 Å². The molecule has 0 saturated carbocycles. The van der Waals surface area contributed by atoms with Crippen LogP contribution in [0.5, 0.6) is 0 Å². The van der Waals surface area contributed by atoms with Gasteiger partial charge in [0.1, 0.15) is 17.1 Å². The zero-order valence-electron chi connectivity index (χ0n) is 19.5. The van der Waals surface area contributed by atoms with Crippen LogP contribution in [0.15, 0.2) is 46.6 Å². The molecular formula is C23H21F3N4O4S2. The highest BCUT2D eigenvalue weighted by molar-refractivity contribution is 8.42. The lowest BCUT2D eigenvalue weighted by molar-refractivity contribution is 0.0590. The average Bonchev–Trinajstić information content (AvgIpc) is 3.25. The lowest BCUT2D eigenvalue weighted by Gasteiger charge is -2.27. The average molecular weight is 539 g/mol. The van der Waals surface area contributed by atoms with Crippen molar-refractivity contribution < 1.29 is 31.1 Å². The number of amides is 1. The molecule has 36 heavy (non-hydrogen) atoms. The monoisotopic (exact) mass is 538 g/mol. The quantitative estimate of drug-likeness (QED) is 0.564. The van der Waals surface area contributed by atoms with Gasteiger partial charge in [0.2, 0.25) is 9.26 Å². The molecule has 0 spiro atoms.